The SMILES string of the molecule is COc1cccc2c1nc(N)n2-c1cc(F)c(C)cc1F. The molecule has 0 saturated heterocycles. The Kier molecular flexibility index (Phi) is 3.01. The molecule has 108 valence electrons. The second kappa shape index (κ2) is 4.73. The number of para-hydroxylation sites is 1. The smallest absolute Gasteiger partial charge is 0.206 e. The maximum Gasteiger partial charge on any atom is 0.206 e. The van der Waals surface area contributed by atoms with Crippen LogP contribution in [0, 0.1) is 18.6 Å². The molecule has 1 aromatic heterocycles. The van der Waals surface area contributed by atoms with Gasteiger partial charge in [-0.05, 0) is 30.7 Å². The van der Waals surface area contributed by atoms with Crippen LogP contribution in [0.5, 0.6) is 5.75 Å². The molecule has 0 amide bonds. The van der Waals surface area contributed by atoms with Crippen molar-refractivity contribution in [3.63, 3.8) is 0 Å². The summed E-state index contributed by atoms with van der Waals surface area (Å²) >= 11 is 0. The number of ether oxygens (including phenoxy) is 1. The van der Waals surface area contributed by atoms with Crippen molar-refractivity contribution in [2.24, 2.45) is 0 Å². The van der Waals surface area contributed by atoms with Gasteiger partial charge in [-0.15, -0.1) is 0 Å². The van der Waals surface area contributed by atoms with Crippen LogP contribution in [0.1, 0.15) is 5.56 Å². The average Bonchev–Trinajstić information content (AvgIpc) is 2.79. The van der Waals surface area contributed by atoms with E-state index >= 15 is 0 Å². The lowest BCUT2D eigenvalue weighted by Crippen LogP contribution is -2.04. The molecule has 0 radical (unpaired) electrons. The summed E-state index contributed by atoms with van der Waals surface area (Å²) in [5, 5.41) is 0. The van der Waals surface area contributed by atoms with Crippen LogP contribution < -0.4 is 10.5 Å². The molecule has 0 bridgehead atoms. The lowest BCUT2D eigenvalue weighted by molar-refractivity contribution is 0.419. The highest BCUT2D eigenvalue weighted by atomic mass is 19.1. The maximum atomic E-state index is 14.2. The maximum absolute atomic E-state index is 14.2. The molecule has 4 nitrogen and oxygen atoms in total. The highest BCUT2D eigenvalue weighted by Gasteiger charge is 2.17. The van der Waals surface area contributed by atoms with Crippen LogP contribution in [0.2, 0.25) is 0 Å². The van der Waals surface area contributed by atoms with E-state index in [1.165, 1.54) is 18.6 Å². The van der Waals surface area contributed by atoms with Gasteiger partial charge in [-0.25, -0.2) is 13.8 Å². The van der Waals surface area contributed by atoms with Crippen LogP contribution in [-0.4, -0.2) is 16.7 Å². The van der Waals surface area contributed by atoms with Gasteiger partial charge in [-0.2, -0.15) is 0 Å². The summed E-state index contributed by atoms with van der Waals surface area (Å²) < 4.78 is 34.5. The summed E-state index contributed by atoms with van der Waals surface area (Å²) in [6.07, 6.45) is 0. The molecule has 0 aliphatic rings. The number of nitrogen functional groups attached to an aromatic ring is 1. The number of benzene rings is 2. The van der Waals surface area contributed by atoms with Gasteiger partial charge in [0.25, 0.3) is 0 Å². The Bertz CT molecular complexity index is 843. The number of halogens is 2. The summed E-state index contributed by atoms with van der Waals surface area (Å²) in [5.74, 6) is -0.485. The summed E-state index contributed by atoms with van der Waals surface area (Å²) in [6.45, 7) is 1.50. The second-order valence-corrected chi connectivity index (χ2v) is 4.69. The molecule has 0 aliphatic heterocycles. The summed E-state index contributed by atoms with van der Waals surface area (Å²) in [6, 6.07) is 7.43. The first-order chi connectivity index (χ1) is 10.0. The quantitative estimate of drug-likeness (QED) is 0.788. The Morgan fingerprint density at radius 2 is 1.95 bits per heavy atom. The Balaban J connectivity index is 2.36. The molecule has 0 unspecified atom stereocenters. The molecule has 3 aromatic rings. The molecule has 0 aliphatic carbocycles. The first kappa shape index (κ1) is 13.4. The van der Waals surface area contributed by atoms with E-state index in [0.717, 1.165) is 12.1 Å². The molecule has 21 heavy (non-hydrogen) atoms. The van der Waals surface area contributed by atoms with Crippen molar-refractivity contribution in [3.05, 3.63) is 47.5 Å². The van der Waals surface area contributed by atoms with Crippen molar-refractivity contribution in [2.75, 3.05) is 12.8 Å². The monoisotopic (exact) mass is 289 g/mol. The highest BCUT2D eigenvalue weighted by molar-refractivity contribution is 5.86. The number of anilines is 1. The fourth-order valence-electron chi connectivity index (χ4n) is 2.32. The fourth-order valence-corrected chi connectivity index (χ4v) is 2.32. The van der Waals surface area contributed by atoms with Crippen molar-refractivity contribution < 1.29 is 13.5 Å². The molecule has 2 aromatic carbocycles. The number of hydrogen-bond acceptors (Lipinski definition) is 3. The molecule has 1 heterocycles. The molecule has 0 spiro atoms. The number of fused-ring (bicyclic) bond motifs is 1. The van der Waals surface area contributed by atoms with E-state index in [1.807, 2.05) is 0 Å². The largest absolute Gasteiger partial charge is 0.494 e. The van der Waals surface area contributed by atoms with E-state index in [1.54, 1.807) is 18.2 Å². The topological polar surface area (TPSA) is 53.1 Å². The van der Waals surface area contributed by atoms with Gasteiger partial charge in [0.15, 0.2) is 0 Å². The van der Waals surface area contributed by atoms with Gasteiger partial charge in [-0.1, -0.05) is 6.07 Å². The van der Waals surface area contributed by atoms with Gasteiger partial charge in [0.1, 0.15) is 22.9 Å². The third-order valence-corrected chi connectivity index (χ3v) is 3.36. The third kappa shape index (κ3) is 1.99. The number of rotatable bonds is 2. The van der Waals surface area contributed by atoms with Crippen LogP contribution in [0.15, 0.2) is 30.3 Å². The first-order valence-corrected chi connectivity index (χ1v) is 6.30. The van der Waals surface area contributed by atoms with Crippen molar-refractivity contribution in [2.45, 2.75) is 6.92 Å². The van der Waals surface area contributed by atoms with E-state index in [9.17, 15) is 8.78 Å². The van der Waals surface area contributed by atoms with Gasteiger partial charge >= 0.3 is 0 Å². The normalized spacial score (nSPS) is 11.0. The summed E-state index contributed by atoms with van der Waals surface area (Å²) in [5.41, 5.74) is 7.17. The number of imidazole rings is 1. The van der Waals surface area contributed by atoms with Gasteiger partial charge in [-0.3, -0.25) is 4.57 Å². The average molecular weight is 289 g/mol. The Labute approximate surface area is 119 Å². The molecule has 2 N–H and O–H groups in total. The highest BCUT2D eigenvalue weighted by Crippen LogP contribution is 2.31. The Hall–Kier alpha value is -2.63. The molecule has 0 fully saturated rings. The number of hydrogen-bond donors (Lipinski definition) is 1. The number of methoxy groups -OCH3 is 1. The van der Waals surface area contributed by atoms with Gasteiger partial charge in [0, 0.05) is 6.07 Å². The van der Waals surface area contributed by atoms with E-state index in [4.69, 9.17) is 10.5 Å². The minimum absolute atomic E-state index is 0.0198. The zero-order chi connectivity index (χ0) is 15.1. The predicted octanol–water partition coefficient (Wildman–Crippen LogP) is 3.20. The predicted molar refractivity (Wildman–Crippen MR) is 76.7 cm³/mol. The number of aromatic nitrogens is 2. The van der Waals surface area contributed by atoms with Crippen LogP contribution in [0.3, 0.4) is 0 Å². The lowest BCUT2D eigenvalue weighted by Gasteiger charge is -2.09. The molecule has 0 saturated carbocycles. The van der Waals surface area contributed by atoms with E-state index in [0.29, 0.717) is 16.8 Å². The minimum Gasteiger partial charge on any atom is -0.494 e. The van der Waals surface area contributed by atoms with Gasteiger partial charge in [0.05, 0.1) is 18.3 Å². The van der Waals surface area contributed by atoms with Crippen LogP contribution in [0.4, 0.5) is 14.7 Å². The minimum atomic E-state index is -0.567. The fraction of sp³-hybridized carbons (Fsp3) is 0.133. The van der Waals surface area contributed by atoms with Crippen molar-refractivity contribution in [3.8, 4) is 11.4 Å². The molecular formula is C15H13F2N3O. The van der Waals surface area contributed by atoms with Crippen molar-refractivity contribution in [1.82, 2.24) is 9.55 Å². The van der Waals surface area contributed by atoms with E-state index < -0.39 is 11.6 Å². The van der Waals surface area contributed by atoms with Gasteiger partial charge in [0.2, 0.25) is 5.95 Å². The van der Waals surface area contributed by atoms with Gasteiger partial charge < -0.3 is 10.5 Å². The Morgan fingerprint density at radius 1 is 1.19 bits per heavy atom. The number of nitrogens with two attached hydrogens (primary N) is 1. The van der Waals surface area contributed by atoms with E-state index in [2.05, 4.69) is 4.98 Å². The van der Waals surface area contributed by atoms with E-state index in [-0.39, 0.29) is 17.2 Å². The zero-order valence-electron chi connectivity index (χ0n) is 11.5. The lowest BCUT2D eigenvalue weighted by atomic mass is 10.2. The zero-order valence-corrected chi connectivity index (χ0v) is 11.5. The number of aryl methyl sites for hydroxylation is 1. The van der Waals surface area contributed by atoms with Crippen LogP contribution >= 0.6 is 0 Å². The molecule has 0 atom stereocenters. The molecule has 3 rings (SSSR count). The number of nitrogens with zero attached hydrogens (tertiary/aromatic N) is 2. The van der Waals surface area contributed by atoms with Crippen molar-refractivity contribution in [1.29, 1.82) is 0 Å². The molecular weight excluding hydrogens is 276 g/mol. The summed E-state index contributed by atoms with van der Waals surface area (Å²) in [4.78, 5) is 4.18. The van der Waals surface area contributed by atoms with Crippen molar-refractivity contribution >= 4 is 17.0 Å². The molecule has 6 heteroatoms. The second-order valence-electron chi connectivity index (χ2n) is 4.69. The summed E-state index contributed by atoms with van der Waals surface area (Å²) in [7, 11) is 1.51. The Morgan fingerprint density at radius 3 is 2.67 bits per heavy atom. The standard InChI is InChI=1S/C15H13F2N3O/c1-8-6-10(17)12(7-9(8)16)20-11-4-3-5-13(21-2)14(11)19-15(20)18/h3-7H,1-2H3,(H2,18,19). The third-order valence-electron chi connectivity index (χ3n) is 3.36. The van der Waals surface area contributed by atoms with Crippen LogP contribution in [-0.2, 0) is 0 Å². The van der Waals surface area contributed by atoms with Crippen LogP contribution in [0.25, 0.3) is 16.7 Å². The first-order valence-electron chi connectivity index (χ1n) is 6.30.